The zero-order valence-corrected chi connectivity index (χ0v) is 17.0. The number of esters is 1. The van der Waals surface area contributed by atoms with Gasteiger partial charge in [-0.1, -0.05) is 0 Å². The van der Waals surface area contributed by atoms with Gasteiger partial charge in [-0.15, -0.1) is 0 Å². The molecule has 1 aromatic heterocycles. The average Bonchev–Trinajstić information content (AvgIpc) is 3.07. The summed E-state index contributed by atoms with van der Waals surface area (Å²) in [6.45, 7) is 0.946. The van der Waals surface area contributed by atoms with Gasteiger partial charge in [-0.3, -0.25) is 4.79 Å². The third-order valence-corrected chi connectivity index (χ3v) is 5.12. The second-order valence-corrected chi connectivity index (χ2v) is 8.24. The lowest BCUT2D eigenvalue weighted by molar-refractivity contribution is -0.143. The lowest BCUT2D eigenvalue weighted by Crippen LogP contribution is -2.34. The van der Waals surface area contributed by atoms with Crippen LogP contribution in [0.1, 0.15) is 23.0 Å². The molecule has 0 bridgehead atoms. The predicted molar refractivity (Wildman–Crippen MR) is 101 cm³/mol. The Labute approximate surface area is 170 Å². The van der Waals surface area contributed by atoms with Crippen molar-refractivity contribution in [1.82, 2.24) is 14.1 Å². The van der Waals surface area contributed by atoms with Gasteiger partial charge in [0, 0.05) is 12.7 Å². The lowest BCUT2D eigenvalue weighted by Gasteiger charge is -2.14. The summed E-state index contributed by atoms with van der Waals surface area (Å²) < 4.78 is 69.3. The van der Waals surface area contributed by atoms with Crippen molar-refractivity contribution in [1.29, 1.82) is 0 Å². The third-order valence-electron chi connectivity index (χ3n) is 3.86. The fourth-order valence-corrected chi connectivity index (χ4v) is 2.73. The first kappa shape index (κ1) is 23.3. The van der Waals surface area contributed by atoms with Crippen LogP contribution in [0, 0.1) is 0 Å². The van der Waals surface area contributed by atoms with Crippen LogP contribution in [0.4, 0.5) is 18.9 Å². The Morgan fingerprint density at radius 3 is 2.33 bits per heavy atom. The highest BCUT2D eigenvalue weighted by atomic mass is 32.2. The zero-order chi connectivity index (χ0) is 22.7. The molecule has 0 radical (unpaired) electrons. The normalized spacial score (nSPS) is 12.1. The average molecular weight is 448 g/mol. The van der Waals surface area contributed by atoms with Crippen LogP contribution in [-0.2, 0) is 25.7 Å². The van der Waals surface area contributed by atoms with E-state index in [0.29, 0.717) is 4.68 Å². The summed E-state index contributed by atoms with van der Waals surface area (Å²) >= 11 is 0. The van der Waals surface area contributed by atoms with Crippen molar-refractivity contribution in [3.05, 3.63) is 41.7 Å². The van der Waals surface area contributed by atoms with Gasteiger partial charge >= 0.3 is 12.1 Å². The Morgan fingerprint density at radius 1 is 1.23 bits per heavy atom. The van der Waals surface area contributed by atoms with Gasteiger partial charge in [0.1, 0.15) is 5.56 Å². The Hall–Kier alpha value is -2.93. The number of nitrogens with one attached hydrogen (secondary N) is 1. The summed E-state index contributed by atoms with van der Waals surface area (Å²) in [4.78, 5) is 23.7. The number of nitrogens with zero attached hydrogens (tertiary/aromatic N) is 3. The van der Waals surface area contributed by atoms with Crippen LogP contribution in [0.5, 0.6) is 0 Å². The van der Waals surface area contributed by atoms with Crippen LogP contribution < -0.4 is 5.32 Å². The fourth-order valence-electron chi connectivity index (χ4n) is 2.38. The molecule has 1 N–H and O–H groups in total. The molecule has 0 saturated heterocycles. The fraction of sp³-hybridized carbons (Fsp3) is 0.353. The molecule has 0 aliphatic rings. The summed E-state index contributed by atoms with van der Waals surface area (Å²) in [7, 11) is -2.31. The second kappa shape index (κ2) is 8.83. The molecule has 9 nitrogen and oxygen atoms in total. The van der Waals surface area contributed by atoms with E-state index in [1.54, 1.807) is 0 Å². The van der Waals surface area contributed by atoms with Crippen LogP contribution in [0.15, 0.2) is 30.5 Å². The molecule has 0 unspecified atom stereocenters. The summed E-state index contributed by atoms with van der Waals surface area (Å²) in [6.07, 6.45) is -3.15. The molecule has 2 aromatic rings. The molecule has 1 aromatic carbocycles. The molecule has 1 heterocycles. The summed E-state index contributed by atoms with van der Waals surface area (Å²) in [5, 5.41) is 6.09. The number of ether oxygens (including phenoxy) is 1. The number of benzene rings is 1. The molecule has 0 aliphatic carbocycles. The Morgan fingerprint density at radius 2 is 1.83 bits per heavy atom. The number of carbonyl (C=O) groups is 2. The second-order valence-electron chi connectivity index (χ2n) is 6.15. The molecule has 0 fully saturated rings. The number of hydrogen-bond donors (Lipinski definition) is 1. The van der Waals surface area contributed by atoms with Gasteiger partial charge in [0.2, 0.25) is 15.9 Å². The monoisotopic (exact) mass is 448 g/mol. The van der Waals surface area contributed by atoms with Crippen molar-refractivity contribution < 1.29 is 35.9 Å². The lowest BCUT2D eigenvalue weighted by atomic mass is 10.2. The van der Waals surface area contributed by atoms with Gasteiger partial charge in [0.25, 0.3) is 0 Å². The number of hydrogen-bond acceptors (Lipinski definition) is 6. The number of sulfonamides is 1. The number of carbonyl (C=O) groups excluding carboxylic acids is 2. The topological polar surface area (TPSA) is 111 Å². The van der Waals surface area contributed by atoms with E-state index in [2.05, 4.69) is 15.2 Å². The molecular formula is C17H19F3N4O5S. The molecule has 13 heteroatoms. The van der Waals surface area contributed by atoms with E-state index in [1.165, 1.54) is 38.2 Å². The number of aromatic nitrogens is 2. The minimum absolute atomic E-state index is 0.0101. The number of anilines is 1. The molecule has 0 atom stereocenters. The molecule has 2 rings (SSSR count). The van der Waals surface area contributed by atoms with E-state index in [-0.39, 0.29) is 18.0 Å². The largest absolute Gasteiger partial charge is 0.462 e. The van der Waals surface area contributed by atoms with Gasteiger partial charge in [-0.25, -0.2) is 17.9 Å². The van der Waals surface area contributed by atoms with Gasteiger partial charge < -0.3 is 10.1 Å². The number of halogens is 3. The van der Waals surface area contributed by atoms with Crippen molar-refractivity contribution in [3.63, 3.8) is 0 Å². The number of amides is 1. The van der Waals surface area contributed by atoms with E-state index >= 15 is 0 Å². The van der Waals surface area contributed by atoms with E-state index in [1.807, 2.05) is 0 Å². The van der Waals surface area contributed by atoms with Gasteiger partial charge in [-0.05, 0) is 31.2 Å². The number of alkyl halides is 3. The van der Waals surface area contributed by atoms with E-state index < -0.39 is 45.9 Å². The van der Waals surface area contributed by atoms with Crippen molar-refractivity contribution in [2.24, 2.45) is 0 Å². The first-order valence-electron chi connectivity index (χ1n) is 8.48. The van der Waals surface area contributed by atoms with Crippen LogP contribution >= 0.6 is 0 Å². The van der Waals surface area contributed by atoms with Crippen molar-refractivity contribution in [2.45, 2.75) is 13.1 Å². The van der Waals surface area contributed by atoms with Crippen LogP contribution in [0.2, 0.25) is 0 Å². The highest BCUT2D eigenvalue weighted by Crippen LogP contribution is 2.34. The smallest absolute Gasteiger partial charge is 0.434 e. The minimum atomic E-state index is -4.87. The van der Waals surface area contributed by atoms with Gasteiger partial charge in [-0.2, -0.15) is 22.6 Å². The van der Waals surface area contributed by atoms with Crippen molar-refractivity contribution in [3.8, 4) is 5.69 Å². The Kier molecular flexibility index (Phi) is 6.87. The quantitative estimate of drug-likeness (QED) is 0.648. The highest BCUT2D eigenvalue weighted by molar-refractivity contribution is 7.88. The van der Waals surface area contributed by atoms with Crippen LogP contribution in [-0.4, -0.2) is 60.8 Å². The number of likely N-dealkylation sites (N-methyl/N-ethyl adjacent to an activating group) is 1. The number of rotatable bonds is 7. The van der Waals surface area contributed by atoms with Gasteiger partial charge in [0.15, 0.2) is 5.69 Å². The zero-order valence-electron chi connectivity index (χ0n) is 16.2. The molecule has 1 amide bonds. The summed E-state index contributed by atoms with van der Waals surface area (Å²) in [5.74, 6) is -1.77. The van der Waals surface area contributed by atoms with Crippen molar-refractivity contribution >= 4 is 27.6 Å². The first-order valence-corrected chi connectivity index (χ1v) is 10.3. The molecule has 0 spiro atoms. The maximum absolute atomic E-state index is 13.5. The van der Waals surface area contributed by atoms with Crippen molar-refractivity contribution in [2.75, 3.05) is 31.8 Å². The minimum Gasteiger partial charge on any atom is -0.462 e. The maximum Gasteiger partial charge on any atom is 0.434 e. The Balaban J connectivity index is 2.26. The maximum atomic E-state index is 13.5. The summed E-state index contributed by atoms with van der Waals surface area (Å²) in [5.41, 5.74) is -1.78. The molecule has 0 saturated carbocycles. The summed E-state index contributed by atoms with van der Waals surface area (Å²) in [6, 6.07) is 5.15. The molecule has 164 valence electrons. The highest BCUT2D eigenvalue weighted by Gasteiger charge is 2.41. The molecular weight excluding hydrogens is 429 g/mol. The van der Waals surface area contributed by atoms with E-state index in [0.717, 1.165) is 16.8 Å². The third kappa shape index (κ3) is 5.57. The van der Waals surface area contributed by atoms with E-state index in [9.17, 15) is 31.2 Å². The molecule has 30 heavy (non-hydrogen) atoms. The SMILES string of the molecule is CCOC(=O)c1cnn(-c2ccc(NC(=O)CN(C)S(C)(=O)=O)cc2)c1C(F)(F)F. The standard InChI is InChI=1S/C17H19F3N4O5S/c1-4-29-16(26)13-9-21-24(15(13)17(18,19)20)12-7-5-11(6-8-12)22-14(25)10-23(2)30(3,27)28/h5-9H,4,10H2,1-3H3,(H,22,25). The van der Waals surface area contributed by atoms with Gasteiger partial charge in [0.05, 0.1) is 31.3 Å². The molecule has 0 aliphatic heterocycles. The Bertz CT molecular complexity index is 1030. The van der Waals surface area contributed by atoms with Crippen LogP contribution in [0.25, 0.3) is 5.69 Å². The van der Waals surface area contributed by atoms with Crippen LogP contribution in [0.3, 0.4) is 0 Å². The van der Waals surface area contributed by atoms with E-state index in [4.69, 9.17) is 0 Å². The first-order chi connectivity index (χ1) is 13.8. The predicted octanol–water partition coefficient (Wildman–Crippen LogP) is 1.90.